The fourth-order valence-corrected chi connectivity index (χ4v) is 4.30. The number of amides is 1. The number of benzene rings is 2. The van der Waals surface area contributed by atoms with Gasteiger partial charge in [-0.25, -0.2) is 8.42 Å². The monoisotopic (exact) mass is 484 g/mol. The Bertz CT molecular complexity index is 1020. The van der Waals surface area contributed by atoms with Crippen molar-refractivity contribution in [3.63, 3.8) is 0 Å². The van der Waals surface area contributed by atoms with E-state index in [1.54, 1.807) is 6.92 Å². The zero-order valence-corrected chi connectivity index (χ0v) is 18.0. The van der Waals surface area contributed by atoms with E-state index < -0.39 is 34.1 Å². The third-order valence-corrected chi connectivity index (χ3v) is 5.55. The summed E-state index contributed by atoms with van der Waals surface area (Å²) in [5.74, 6) is -1.17. The number of nitrogens with zero attached hydrogens (tertiary/aromatic N) is 1. The van der Waals surface area contributed by atoms with E-state index in [9.17, 15) is 26.4 Å². The average molecular weight is 485 g/mol. The lowest BCUT2D eigenvalue weighted by atomic mass is 10.1. The maximum Gasteiger partial charge on any atom is 0.573 e. The summed E-state index contributed by atoms with van der Waals surface area (Å²) >= 11 is 12.1. The van der Waals surface area contributed by atoms with Gasteiger partial charge in [-0.2, -0.15) is 0 Å². The van der Waals surface area contributed by atoms with Crippen LogP contribution in [0.15, 0.2) is 42.5 Å². The number of hydrogen-bond acceptors (Lipinski definition) is 4. The van der Waals surface area contributed by atoms with Crippen molar-refractivity contribution in [3.8, 4) is 5.75 Å². The topological polar surface area (TPSA) is 75.7 Å². The van der Waals surface area contributed by atoms with Crippen molar-refractivity contribution in [2.45, 2.75) is 25.7 Å². The lowest BCUT2D eigenvalue weighted by molar-refractivity contribution is -0.274. The molecule has 1 amide bonds. The summed E-state index contributed by atoms with van der Waals surface area (Å²) in [4.78, 5) is 12.8. The fraction of sp³-hybridized carbons (Fsp3) is 0.278. The smallest absolute Gasteiger partial charge is 0.406 e. The molecule has 164 valence electrons. The zero-order chi connectivity index (χ0) is 22.7. The molecule has 0 aliphatic carbocycles. The molecule has 0 aliphatic rings. The predicted molar refractivity (Wildman–Crippen MR) is 110 cm³/mol. The van der Waals surface area contributed by atoms with Crippen LogP contribution in [0.25, 0.3) is 0 Å². The second kappa shape index (κ2) is 9.32. The van der Waals surface area contributed by atoms with E-state index in [4.69, 9.17) is 23.2 Å². The quantitative estimate of drug-likeness (QED) is 0.594. The Kier molecular flexibility index (Phi) is 7.49. The van der Waals surface area contributed by atoms with Gasteiger partial charge in [0.1, 0.15) is 11.8 Å². The number of anilines is 2. The number of halogens is 5. The van der Waals surface area contributed by atoms with Crippen molar-refractivity contribution in [3.05, 3.63) is 52.5 Å². The maximum absolute atomic E-state index is 12.8. The van der Waals surface area contributed by atoms with Crippen molar-refractivity contribution in [1.82, 2.24) is 0 Å². The van der Waals surface area contributed by atoms with Gasteiger partial charge in [-0.3, -0.25) is 9.10 Å². The number of rotatable bonds is 7. The molecule has 0 bridgehead atoms. The number of sulfonamides is 1. The Morgan fingerprint density at radius 2 is 1.77 bits per heavy atom. The molecule has 1 atom stereocenters. The van der Waals surface area contributed by atoms with Crippen LogP contribution in [0.1, 0.15) is 13.3 Å². The van der Waals surface area contributed by atoms with Crippen LogP contribution < -0.4 is 14.4 Å². The molecule has 12 heteroatoms. The lowest BCUT2D eigenvalue weighted by Gasteiger charge is -2.30. The normalized spacial score (nSPS) is 12.9. The molecule has 0 fully saturated rings. The molecule has 0 saturated carbocycles. The molecule has 0 spiro atoms. The van der Waals surface area contributed by atoms with Crippen LogP contribution in [0.3, 0.4) is 0 Å². The van der Waals surface area contributed by atoms with Crippen molar-refractivity contribution in [1.29, 1.82) is 0 Å². The Morgan fingerprint density at radius 1 is 1.17 bits per heavy atom. The minimum Gasteiger partial charge on any atom is -0.406 e. The lowest BCUT2D eigenvalue weighted by Crippen LogP contribution is -2.47. The van der Waals surface area contributed by atoms with Gasteiger partial charge >= 0.3 is 6.36 Å². The van der Waals surface area contributed by atoms with E-state index in [0.29, 0.717) is 0 Å². The second-order valence-corrected chi connectivity index (χ2v) is 8.84. The first-order valence-corrected chi connectivity index (χ1v) is 11.0. The van der Waals surface area contributed by atoms with Crippen LogP contribution in [0, 0.1) is 0 Å². The fourth-order valence-electron chi connectivity index (χ4n) is 2.66. The molecule has 0 aliphatic heterocycles. The molecule has 0 aromatic heterocycles. The minimum absolute atomic E-state index is 0.0302. The van der Waals surface area contributed by atoms with Crippen LogP contribution in [-0.2, 0) is 14.8 Å². The molecule has 6 nitrogen and oxygen atoms in total. The molecular weight excluding hydrogens is 468 g/mol. The van der Waals surface area contributed by atoms with Crippen molar-refractivity contribution in [2.24, 2.45) is 0 Å². The third kappa shape index (κ3) is 6.41. The predicted octanol–water partition coefficient (Wildman–Crippen LogP) is 5.08. The van der Waals surface area contributed by atoms with Gasteiger partial charge in [0, 0.05) is 10.7 Å². The first-order chi connectivity index (χ1) is 13.8. The van der Waals surface area contributed by atoms with E-state index in [1.165, 1.54) is 30.3 Å². The molecule has 0 unspecified atom stereocenters. The molecule has 30 heavy (non-hydrogen) atoms. The zero-order valence-electron chi connectivity index (χ0n) is 15.7. The van der Waals surface area contributed by atoms with Gasteiger partial charge in [0.25, 0.3) is 0 Å². The largest absolute Gasteiger partial charge is 0.573 e. The van der Waals surface area contributed by atoms with Crippen LogP contribution in [-0.4, -0.2) is 33.0 Å². The molecule has 2 aromatic carbocycles. The molecule has 0 radical (unpaired) electrons. The SMILES string of the molecule is CC[C@H](C(=O)Nc1ccc(OC(F)(F)F)cc1)N(c1cc(Cl)ccc1Cl)S(C)(=O)=O. The van der Waals surface area contributed by atoms with Gasteiger partial charge in [0.15, 0.2) is 0 Å². The van der Waals surface area contributed by atoms with E-state index >= 15 is 0 Å². The summed E-state index contributed by atoms with van der Waals surface area (Å²) in [7, 11) is -3.95. The number of hydrogen-bond donors (Lipinski definition) is 1. The number of carbonyl (C=O) groups is 1. The van der Waals surface area contributed by atoms with E-state index in [0.717, 1.165) is 22.7 Å². The van der Waals surface area contributed by atoms with E-state index in [2.05, 4.69) is 10.1 Å². The van der Waals surface area contributed by atoms with Crippen LogP contribution in [0.4, 0.5) is 24.5 Å². The highest BCUT2D eigenvalue weighted by atomic mass is 35.5. The van der Waals surface area contributed by atoms with Gasteiger partial charge in [-0.15, -0.1) is 13.2 Å². The van der Waals surface area contributed by atoms with Gasteiger partial charge < -0.3 is 10.1 Å². The highest BCUT2D eigenvalue weighted by Crippen LogP contribution is 2.33. The van der Waals surface area contributed by atoms with E-state index in [-0.39, 0.29) is 27.8 Å². The number of nitrogens with one attached hydrogen (secondary N) is 1. The molecule has 1 N–H and O–H groups in total. The van der Waals surface area contributed by atoms with Gasteiger partial charge in [-0.1, -0.05) is 30.1 Å². The average Bonchev–Trinajstić information content (AvgIpc) is 2.61. The highest BCUT2D eigenvalue weighted by Gasteiger charge is 2.33. The van der Waals surface area contributed by atoms with Crippen molar-refractivity contribution >= 4 is 50.5 Å². The van der Waals surface area contributed by atoms with Crippen LogP contribution in [0.5, 0.6) is 5.75 Å². The summed E-state index contributed by atoms with van der Waals surface area (Å²) < 4.78 is 66.3. The third-order valence-electron chi connectivity index (χ3n) is 3.83. The van der Waals surface area contributed by atoms with Crippen LogP contribution >= 0.6 is 23.2 Å². The first-order valence-electron chi connectivity index (χ1n) is 8.43. The standard InChI is InChI=1S/C18H17Cl2F3N2O4S/c1-3-15(25(30(2,27)28)16-10-11(19)4-9-14(16)20)17(26)24-12-5-7-13(8-6-12)29-18(21,22)23/h4-10,15H,3H2,1-2H3,(H,24,26)/t15-/m1/s1. The van der Waals surface area contributed by atoms with Crippen LogP contribution in [0.2, 0.25) is 10.0 Å². The Balaban J connectivity index is 2.31. The van der Waals surface area contributed by atoms with Gasteiger partial charge in [-0.05, 0) is 48.9 Å². The molecule has 2 rings (SSSR count). The summed E-state index contributed by atoms with van der Waals surface area (Å²) in [5, 5.41) is 2.78. The number of ether oxygens (including phenoxy) is 1. The van der Waals surface area contributed by atoms with Crippen molar-refractivity contribution in [2.75, 3.05) is 15.9 Å². The minimum atomic E-state index is -4.84. The highest BCUT2D eigenvalue weighted by molar-refractivity contribution is 7.92. The van der Waals surface area contributed by atoms with Gasteiger partial charge in [0.2, 0.25) is 15.9 Å². The summed E-state index contributed by atoms with van der Waals surface area (Å²) in [5.41, 5.74) is 0.182. The number of alkyl halides is 3. The maximum atomic E-state index is 12.8. The molecular formula is C18H17Cl2F3N2O4S. The summed E-state index contributed by atoms with van der Waals surface area (Å²) in [6.45, 7) is 1.60. The molecule has 0 saturated heterocycles. The molecule has 2 aromatic rings. The second-order valence-electron chi connectivity index (χ2n) is 6.14. The Labute approximate surface area is 181 Å². The van der Waals surface area contributed by atoms with Gasteiger partial charge in [0.05, 0.1) is 17.0 Å². The summed E-state index contributed by atoms with van der Waals surface area (Å²) in [6, 6.07) is 7.44. The number of carbonyl (C=O) groups excluding carboxylic acids is 1. The molecule has 0 heterocycles. The van der Waals surface area contributed by atoms with Crippen molar-refractivity contribution < 1.29 is 31.1 Å². The Hall–Kier alpha value is -2.17. The first kappa shape index (κ1) is 24.1. The van der Waals surface area contributed by atoms with E-state index in [1.807, 2.05) is 0 Å². The Morgan fingerprint density at radius 3 is 2.27 bits per heavy atom. The summed E-state index contributed by atoms with van der Waals surface area (Å²) in [6.07, 6.45) is -3.84.